The van der Waals surface area contributed by atoms with Gasteiger partial charge in [0, 0.05) is 23.4 Å². The van der Waals surface area contributed by atoms with Crippen molar-refractivity contribution in [3.63, 3.8) is 0 Å². The van der Waals surface area contributed by atoms with Gasteiger partial charge in [-0.25, -0.2) is 14.1 Å². The van der Waals surface area contributed by atoms with Crippen LogP contribution < -0.4 is 0 Å². The predicted molar refractivity (Wildman–Crippen MR) is 126 cm³/mol. The number of aromatic nitrogens is 3. The van der Waals surface area contributed by atoms with E-state index < -0.39 is 0 Å². The zero-order valence-electron chi connectivity index (χ0n) is 19.0. The zero-order chi connectivity index (χ0) is 23.3. The van der Waals surface area contributed by atoms with Crippen molar-refractivity contribution >= 4 is 11.6 Å². The monoisotopic (exact) mass is 433 g/mol. The molecule has 6 nitrogen and oxygen atoms in total. The molecule has 1 amide bonds. The number of aliphatic imine (C=N–C) groups is 1. The predicted octanol–water partition coefficient (Wildman–Crippen LogP) is 4.90. The summed E-state index contributed by atoms with van der Waals surface area (Å²) in [5.41, 5.74) is 3.80. The minimum absolute atomic E-state index is 0.00294. The van der Waals surface area contributed by atoms with E-state index in [1.165, 1.54) is 6.07 Å². The van der Waals surface area contributed by atoms with Crippen molar-refractivity contribution < 1.29 is 9.18 Å². The molecule has 166 valence electrons. The molecule has 0 bridgehead atoms. The molecule has 0 aliphatic rings. The highest BCUT2D eigenvalue weighted by molar-refractivity contribution is 5.80. The van der Waals surface area contributed by atoms with Crippen LogP contribution in [-0.4, -0.2) is 44.5 Å². The number of hydrogen-bond acceptors (Lipinski definition) is 4. The lowest BCUT2D eigenvalue weighted by atomic mass is 10.1. The fourth-order valence-electron chi connectivity index (χ4n) is 3.16. The molecule has 0 saturated heterocycles. The Balaban J connectivity index is 1.98. The van der Waals surface area contributed by atoms with E-state index >= 15 is 0 Å². The highest BCUT2D eigenvalue weighted by Crippen LogP contribution is 2.24. The summed E-state index contributed by atoms with van der Waals surface area (Å²) in [6.07, 6.45) is 0. The van der Waals surface area contributed by atoms with Crippen LogP contribution >= 0.6 is 0 Å². The maximum absolute atomic E-state index is 13.7. The lowest BCUT2D eigenvalue weighted by Gasteiger charge is -2.21. The van der Waals surface area contributed by atoms with E-state index in [9.17, 15) is 9.18 Å². The Morgan fingerprint density at radius 3 is 2.47 bits per heavy atom. The van der Waals surface area contributed by atoms with E-state index in [-0.39, 0.29) is 24.9 Å². The van der Waals surface area contributed by atoms with Crippen molar-refractivity contribution in [3.8, 4) is 22.8 Å². The quantitative estimate of drug-likeness (QED) is 0.375. The molecule has 3 aromatic rings. The first-order chi connectivity index (χ1) is 15.2. The molecule has 3 rings (SSSR count). The molecule has 0 N–H and O–H groups in total. The second kappa shape index (κ2) is 10.1. The second-order valence-corrected chi connectivity index (χ2v) is 8.04. The SMILES string of the molecule is C=C(C)CN(CN=C(C)C)C(=O)Cn1nc(-c2ccc(F)c(C)c2)nc1-c1ccccc1. The molecule has 1 heterocycles. The summed E-state index contributed by atoms with van der Waals surface area (Å²) < 4.78 is 15.3. The van der Waals surface area contributed by atoms with Gasteiger partial charge in [-0.15, -0.1) is 5.10 Å². The number of hydrogen-bond donors (Lipinski definition) is 0. The second-order valence-electron chi connectivity index (χ2n) is 8.04. The third-order valence-corrected chi connectivity index (χ3v) is 4.78. The standard InChI is InChI=1S/C25H28FN5O/c1-17(2)14-30(16-27-18(3)4)23(32)15-31-25(20-9-7-6-8-10-20)28-24(29-31)21-11-12-22(26)19(5)13-21/h6-13H,1,14-16H2,2-5H3. The molecule has 0 spiro atoms. The van der Waals surface area contributed by atoms with Crippen molar-refractivity contribution in [2.45, 2.75) is 34.2 Å². The summed E-state index contributed by atoms with van der Waals surface area (Å²) in [6, 6.07) is 14.3. The van der Waals surface area contributed by atoms with Crippen LogP contribution in [0.15, 0.2) is 65.7 Å². The van der Waals surface area contributed by atoms with Crippen LogP contribution in [0, 0.1) is 12.7 Å². The number of halogens is 1. The van der Waals surface area contributed by atoms with E-state index in [1.54, 1.807) is 28.6 Å². The van der Waals surface area contributed by atoms with Gasteiger partial charge in [0.25, 0.3) is 0 Å². The van der Waals surface area contributed by atoms with Gasteiger partial charge in [0.05, 0.1) is 0 Å². The van der Waals surface area contributed by atoms with E-state index in [1.807, 2.05) is 51.1 Å². The average Bonchev–Trinajstić information content (AvgIpc) is 3.17. The van der Waals surface area contributed by atoms with Gasteiger partial charge in [0.2, 0.25) is 5.91 Å². The van der Waals surface area contributed by atoms with E-state index in [2.05, 4.69) is 21.7 Å². The van der Waals surface area contributed by atoms with Gasteiger partial charge in [-0.1, -0.05) is 42.5 Å². The summed E-state index contributed by atoms with van der Waals surface area (Å²) in [5.74, 6) is 0.589. The number of carbonyl (C=O) groups excluding carboxylic acids is 1. The minimum Gasteiger partial charge on any atom is -0.318 e. The third kappa shape index (κ3) is 5.75. The van der Waals surface area contributed by atoms with Gasteiger partial charge in [0.1, 0.15) is 19.0 Å². The summed E-state index contributed by atoms with van der Waals surface area (Å²) in [4.78, 5) is 23.9. The first kappa shape index (κ1) is 23.1. The molecule has 32 heavy (non-hydrogen) atoms. The van der Waals surface area contributed by atoms with Crippen LogP contribution in [0.3, 0.4) is 0 Å². The van der Waals surface area contributed by atoms with Gasteiger partial charge < -0.3 is 4.90 Å². The topological polar surface area (TPSA) is 63.4 Å². The van der Waals surface area contributed by atoms with Gasteiger partial charge in [-0.2, -0.15) is 0 Å². The van der Waals surface area contributed by atoms with Crippen LogP contribution in [0.4, 0.5) is 4.39 Å². The number of rotatable bonds is 8. The molecule has 7 heteroatoms. The molecule has 0 atom stereocenters. The third-order valence-electron chi connectivity index (χ3n) is 4.78. The van der Waals surface area contributed by atoms with Crippen molar-refractivity contribution in [3.05, 3.63) is 72.1 Å². The maximum atomic E-state index is 13.7. The highest BCUT2D eigenvalue weighted by Gasteiger charge is 2.20. The Bertz CT molecular complexity index is 1150. The minimum atomic E-state index is -0.283. The molecule has 1 aromatic heterocycles. The van der Waals surface area contributed by atoms with Gasteiger partial charge in [0.15, 0.2) is 11.6 Å². The lowest BCUT2D eigenvalue weighted by Crippen LogP contribution is -2.36. The van der Waals surface area contributed by atoms with Gasteiger partial charge >= 0.3 is 0 Å². The fraction of sp³-hybridized carbons (Fsp3) is 0.280. The van der Waals surface area contributed by atoms with Crippen molar-refractivity contribution in [2.75, 3.05) is 13.2 Å². The van der Waals surface area contributed by atoms with Crippen LogP contribution in [0.5, 0.6) is 0 Å². The number of benzene rings is 2. The zero-order valence-corrected chi connectivity index (χ0v) is 19.0. The van der Waals surface area contributed by atoms with E-state index in [0.29, 0.717) is 29.3 Å². The van der Waals surface area contributed by atoms with E-state index in [0.717, 1.165) is 16.8 Å². The molecule has 2 aromatic carbocycles. The number of aryl methyl sites for hydroxylation is 1. The summed E-state index contributed by atoms with van der Waals surface area (Å²) in [6.45, 7) is 12.0. The Labute approximate surface area is 188 Å². The van der Waals surface area contributed by atoms with Crippen LogP contribution in [0.1, 0.15) is 26.3 Å². The number of carbonyl (C=O) groups is 1. The van der Waals surface area contributed by atoms with Gasteiger partial charge in [-0.3, -0.25) is 9.79 Å². The molecule has 0 aliphatic heterocycles. The molecule has 0 fully saturated rings. The van der Waals surface area contributed by atoms with Crippen LogP contribution in [-0.2, 0) is 11.3 Å². The Hall–Kier alpha value is -3.61. The lowest BCUT2D eigenvalue weighted by molar-refractivity contribution is -0.131. The number of amides is 1. The molecular weight excluding hydrogens is 405 g/mol. The summed E-state index contributed by atoms with van der Waals surface area (Å²) in [5, 5.41) is 4.60. The first-order valence-electron chi connectivity index (χ1n) is 10.4. The van der Waals surface area contributed by atoms with Crippen molar-refractivity contribution in [1.82, 2.24) is 19.7 Å². The maximum Gasteiger partial charge on any atom is 0.246 e. The van der Waals surface area contributed by atoms with Crippen molar-refractivity contribution in [2.24, 2.45) is 4.99 Å². The summed E-state index contributed by atoms with van der Waals surface area (Å²) in [7, 11) is 0. The Kier molecular flexibility index (Phi) is 7.30. The largest absolute Gasteiger partial charge is 0.318 e. The molecule has 0 radical (unpaired) electrons. The average molecular weight is 434 g/mol. The van der Waals surface area contributed by atoms with Crippen LogP contribution in [0.25, 0.3) is 22.8 Å². The summed E-state index contributed by atoms with van der Waals surface area (Å²) >= 11 is 0. The highest BCUT2D eigenvalue weighted by atomic mass is 19.1. The molecule has 0 aliphatic carbocycles. The van der Waals surface area contributed by atoms with Crippen molar-refractivity contribution in [1.29, 1.82) is 0 Å². The Morgan fingerprint density at radius 2 is 1.84 bits per heavy atom. The molecule has 0 unspecified atom stereocenters. The van der Waals surface area contributed by atoms with Gasteiger partial charge in [-0.05, 0) is 51.5 Å². The molecule has 0 saturated carbocycles. The van der Waals surface area contributed by atoms with E-state index in [4.69, 9.17) is 0 Å². The first-order valence-corrected chi connectivity index (χ1v) is 10.4. The number of nitrogens with zero attached hydrogens (tertiary/aromatic N) is 5. The molecular formula is C25H28FN5O. The fourth-order valence-corrected chi connectivity index (χ4v) is 3.16. The Morgan fingerprint density at radius 1 is 1.12 bits per heavy atom. The van der Waals surface area contributed by atoms with Crippen LogP contribution in [0.2, 0.25) is 0 Å². The smallest absolute Gasteiger partial charge is 0.246 e. The normalized spacial score (nSPS) is 10.7.